The lowest BCUT2D eigenvalue weighted by Gasteiger charge is -2.16. The summed E-state index contributed by atoms with van der Waals surface area (Å²) in [4.78, 5) is 0.409. The molecular formula is C18H18ClNO3S2. The van der Waals surface area contributed by atoms with Crippen molar-refractivity contribution in [3.8, 4) is 0 Å². The molecule has 0 aromatic heterocycles. The number of benzene rings is 2. The molecule has 2 aromatic rings. The first-order chi connectivity index (χ1) is 11.9. The average Bonchev–Trinajstić information content (AvgIpc) is 3.28. The molecule has 1 aliphatic rings. The van der Waals surface area contributed by atoms with E-state index in [1.54, 1.807) is 42.5 Å². The number of thiocarbonyl (C=S) groups is 1. The summed E-state index contributed by atoms with van der Waals surface area (Å²) in [6, 6.07) is 15.5. The minimum atomic E-state index is -3.63. The molecule has 0 spiro atoms. The molecule has 3 atom stereocenters. The highest BCUT2D eigenvalue weighted by Gasteiger charge is 2.73. The van der Waals surface area contributed by atoms with Crippen molar-refractivity contribution < 1.29 is 13.2 Å². The van der Waals surface area contributed by atoms with Crippen molar-refractivity contribution >= 4 is 38.6 Å². The van der Waals surface area contributed by atoms with E-state index >= 15 is 0 Å². The Balaban J connectivity index is 2.12. The maximum atomic E-state index is 13.2. The molecule has 132 valence electrons. The molecule has 2 aromatic carbocycles. The fraction of sp³-hybridized carbons (Fsp3) is 0.278. The van der Waals surface area contributed by atoms with Crippen LogP contribution in [-0.4, -0.2) is 32.4 Å². The molecule has 0 heterocycles. The predicted octanol–water partition coefficient (Wildman–Crippen LogP) is 3.20. The van der Waals surface area contributed by atoms with Crippen molar-refractivity contribution in [3.05, 3.63) is 65.2 Å². The van der Waals surface area contributed by atoms with Crippen molar-refractivity contribution in [1.82, 2.24) is 0 Å². The van der Waals surface area contributed by atoms with E-state index in [9.17, 15) is 8.42 Å². The van der Waals surface area contributed by atoms with Crippen LogP contribution < -0.4 is 5.73 Å². The molecule has 1 aliphatic carbocycles. The van der Waals surface area contributed by atoms with E-state index < -0.39 is 20.5 Å². The van der Waals surface area contributed by atoms with Gasteiger partial charge in [-0.25, -0.2) is 8.42 Å². The number of hydrogen-bond acceptors (Lipinski definition) is 4. The molecule has 25 heavy (non-hydrogen) atoms. The zero-order valence-corrected chi connectivity index (χ0v) is 15.9. The Labute approximate surface area is 157 Å². The minimum Gasteiger partial charge on any atom is -0.393 e. The van der Waals surface area contributed by atoms with Gasteiger partial charge >= 0.3 is 0 Å². The maximum Gasteiger partial charge on any atom is 0.182 e. The van der Waals surface area contributed by atoms with Crippen molar-refractivity contribution in [2.24, 2.45) is 11.1 Å². The highest BCUT2D eigenvalue weighted by atomic mass is 35.5. The normalized spacial score (nSPS) is 25.5. The van der Waals surface area contributed by atoms with Crippen LogP contribution in [0.25, 0.3) is 0 Å². The van der Waals surface area contributed by atoms with Gasteiger partial charge in [-0.2, -0.15) is 0 Å². The highest BCUT2D eigenvalue weighted by Crippen LogP contribution is 2.64. The molecule has 0 radical (unpaired) electrons. The van der Waals surface area contributed by atoms with Gasteiger partial charge in [0.05, 0.1) is 27.2 Å². The van der Waals surface area contributed by atoms with Crippen LogP contribution in [-0.2, 0) is 14.6 Å². The number of halogens is 1. The van der Waals surface area contributed by atoms with Crippen LogP contribution in [0, 0.1) is 5.41 Å². The van der Waals surface area contributed by atoms with Gasteiger partial charge in [-0.05, 0) is 29.8 Å². The van der Waals surface area contributed by atoms with E-state index in [4.69, 9.17) is 34.3 Å². The van der Waals surface area contributed by atoms with Gasteiger partial charge in [-0.1, -0.05) is 54.2 Å². The van der Waals surface area contributed by atoms with Crippen LogP contribution in [0.3, 0.4) is 0 Å². The Hall–Kier alpha value is -1.47. The zero-order chi connectivity index (χ0) is 18.2. The second-order valence-corrected chi connectivity index (χ2v) is 9.09. The van der Waals surface area contributed by atoms with Crippen LogP contribution in [0.15, 0.2) is 59.5 Å². The van der Waals surface area contributed by atoms with Gasteiger partial charge in [-0.3, -0.25) is 0 Å². The van der Waals surface area contributed by atoms with Gasteiger partial charge in [0.1, 0.15) is 0 Å². The van der Waals surface area contributed by atoms with Crippen LogP contribution in [0.5, 0.6) is 0 Å². The van der Waals surface area contributed by atoms with Crippen molar-refractivity contribution in [1.29, 1.82) is 0 Å². The smallest absolute Gasteiger partial charge is 0.182 e. The molecule has 1 fully saturated rings. The number of methoxy groups -OCH3 is 1. The van der Waals surface area contributed by atoms with E-state index in [0.29, 0.717) is 5.02 Å². The molecule has 3 rings (SSSR count). The van der Waals surface area contributed by atoms with E-state index in [-0.39, 0.29) is 22.4 Å². The first-order valence-electron chi connectivity index (χ1n) is 7.69. The molecule has 7 heteroatoms. The summed E-state index contributed by atoms with van der Waals surface area (Å²) in [5.74, 6) is -0.368. The summed E-state index contributed by atoms with van der Waals surface area (Å²) in [5, 5.41) is -0.180. The van der Waals surface area contributed by atoms with Crippen molar-refractivity contribution in [2.45, 2.75) is 16.1 Å². The largest absolute Gasteiger partial charge is 0.393 e. The van der Waals surface area contributed by atoms with Crippen LogP contribution >= 0.6 is 23.8 Å². The Bertz CT molecular complexity index is 884. The first-order valence-corrected chi connectivity index (χ1v) is 10.0. The van der Waals surface area contributed by atoms with Gasteiger partial charge in [0.25, 0.3) is 0 Å². The fourth-order valence-electron chi connectivity index (χ4n) is 3.54. The molecule has 4 nitrogen and oxygen atoms in total. The molecule has 0 amide bonds. The van der Waals surface area contributed by atoms with Crippen LogP contribution in [0.2, 0.25) is 5.02 Å². The van der Waals surface area contributed by atoms with Gasteiger partial charge in [-0.15, -0.1) is 0 Å². The molecular weight excluding hydrogens is 378 g/mol. The van der Waals surface area contributed by atoms with E-state index in [1.807, 2.05) is 12.1 Å². The lowest BCUT2D eigenvalue weighted by molar-refractivity contribution is 0.166. The molecule has 0 saturated heterocycles. The lowest BCUT2D eigenvalue weighted by atomic mass is 10.00. The highest BCUT2D eigenvalue weighted by molar-refractivity contribution is 7.92. The van der Waals surface area contributed by atoms with Crippen molar-refractivity contribution in [2.75, 3.05) is 13.7 Å². The average molecular weight is 396 g/mol. The summed E-state index contributed by atoms with van der Waals surface area (Å²) in [7, 11) is -2.11. The zero-order valence-electron chi connectivity index (χ0n) is 13.6. The maximum absolute atomic E-state index is 13.2. The molecule has 1 saturated carbocycles. The van der Waals surface area contributed by atoms with Gasteiger partial charge in [0, 0.05) is 18.1 Å². The second kappa shape index (κ2) is 6.68. The standard InChI is InChI=1S/C18H18ClNO3S2/c1-23-11-18(17(20)24)15(12-7-9-13(19)10-8-12)16(18)25(21,22)14-5-3-2-4-6-14/h2-10,15-16H,11H2,1H3,(H2,20,24). The number of rotatable bonds is 6. The fourth-order valence-corrected chi connectivity index (χ4v) is 6.45. The summed E-state index contributed by atoms with van der Waals surface area (Å²) in [6.45, 7) is 0.145. The number of nitrogens with two attached hydrogens (primary N) is 1. The summed E-state index contributed by atoms with van der Waals surface area (Å²) >= 11 is 11.2. The third-order valence-electron chi connectivity index (χ3n) is 4.73. The summed E-state index contributed by atoms with van der Waals surface area (Å²) in [5.41, 5.74) is 5.91. The summed E-state index contributed by atoms with van der Waals surface area (Å²) < 4.78 is 31.8. The Morgan fingerprint density at radius 1 is 1.20 bits per heavy atom. The first kappa shape index (κ1) is 18.3. The quantitative estimate of drug-likeness (QED) is 0.760. The SMILES string of the molecule is COCC1(C(N)=S)C(c2ccc(Cl)cc2)C1S(=O)(=O)c1ccccc1. The lowest BCUT2D eigenvalue weighted by Crippen LogP contribution is -2.33. The topological polar surface area (TPSA) is 69.4 Å². The predicted molar refractivity (Wildman–Crippen MR) is 103 cm³/mol. The number of ether oxygens (including phenoxy) is 1. The molecule has 2 N–H and O–H groups in total. The minimum absolute atomic E-state index is 0.145. The molecule has 0 aliphatic heterocycles. The third-order valence-corrected chi connectivity index (χ3v) is 7.66. The number of sulfone groups is 1. The Morgan fingerprint density at radius 3 is 2.32 bits per heavy atom. The van der Waals surface area contributed by atoms with Gasteiger partial charge < -0.3 is 10.5 Å². The van der Waals surface area contributed by atoms with Crippen LogP contribution in [0.1, 0.15) is 11.5 Å². The van der Waals surface area contributed by atoms with E-state index in [0.717, 1.165) is 5.56 Å². The van der Waals surface area contributed by atoms with Gasteiger partial charge in [0.2, 0.25) is 0 Å². The van der Waals surface area contributed by atoms with Gasteiger partial charge in [0.15, 0.2) is 9.84 Å². The Kier molecular flexibility index (Phi) is 4.90. The van der Waals surface area contributed by atoms with E-state index in [2.05, 4.69) is 0 Å². The second-order valence-electron chi connectivity index (χ2n) is 6.15. The Morgan fingerprint density at radius 2 is 1.80 bits per heavy atom. The molecule has 0 bridgehead atoms. The monoisotopic (exact) mass is 395 g/mol. The van der Waals surface area contributed by atoms with Crippen molar-refractivity contribution in [3.63, 3.8) is 0 Å². The molecule has 3 unspecified atom stereocenters. The number of hydrogen-bond donors (Lipinski definition) is 1. The van der Waals surface area contributed by atoms with E-state index in [1.165, 1.54) is 7.11 Å². The third kappa shape index (κ3) is 2.97. The summed E-state index contributed by atoms with van der Waals surface area (Å²) in [6.07, 6.45) is 0. The van der Waals surface area contributed by atoms with Crippen LogP contribution in [0.4, 0.5) is 0 Å².